The third kappa shape index (κ3) is 21.1. The van der Waals surface area contributed by atoms with Crippen LogP contribution in [0.5, 0.6) is 0 Å². The van der Waals surface area contributed by atoms with Crippen molar-refractivity contribution in [3.63, 3.8) is 0 Å². The molecule has 0 saturated carbocycles. The minimum Gasteiger partial charge on any atom is -0.453 e. The highest BCUT2D eigenvalue weighted by Gasteiger charge is 2.30. The van der Waals surface area contributed by atoms with Crippen molar-refractivity contribution in [2.45, 2.75) is 41.0 Å². The summed E-state index contributed by atoms with van der Waals surface area (Å²) in [6.45, 7) is 5.42. The van der Waals surface area contributed by atoms with Crippen molar-refractivity contribution < 1.29 is 52.5 Å². The van der Waals surface area contributed by atoms with Crippen LogP contribution in [0.15, 0.2) is 24.3 Å². The summed E-state index contributed by atoms with van der Waals surface area (Å²) in [5, 5.41) is 0. The molecule has 0 aliphatic carbocycles. The summed E-state index contributed by atoms with van der Waals surface area (Å²) >= 11 is 0. The Hall–Kier alpha value is -3.62. The molecule has 39 heavy (non-hydrogen) atoms. The van der Waals surface area contributed by atoms with E-state index in [1.165, 1.54) is 24.2 Å². The smallest absolute Gasteiger partial charge is 0.423 e. The van der Waals surface area contributed by atoms with Crippen LogP contribution < -0.4 is 5.73 Å². The van der Waals surface area contributed by atoms with E-state index in [9.17, 15) is 28.8 Å². The Balaban J connectivity index is -0.000000220. The predicted molar refractivity (Wildman–Crippen MR) is 143 cm³/mol. The van der Waals surface area contributed by atoms with E-state index >= 15 is 0 Å². The maximum atomic E-state index is 11.1. The molecule has 2 aliphatic rings. The molecule has 2 rings (SSSR count). The summed E-state index contributed by atoms with van der Waals surface area (Å²) in [4.78, 5) is 65.3. The van der Waals surface area contributed by atoms with Crippen molar-refractivity contribution in [3.05, 3.63) is 24.3 Å². The van der Waals surface area contributed by atoms with E-state index in [0.29, 0.717) is 24.7 Å². The van der Waals surface area contributed by atoms with Crippen LogP contribution in [0.25, 0.3) is 0 Å². The Morgan fingerprint density at radius 3 is 1.56 bits per heavy atom. The van der Waals surface area contributed by atoms with Crippen LogP contribution in [0.4, 0.5) is 9.59 Å². The summed E-state index contributed by atoms with van der Waals surface area (Å²) in [6, 6.07) is 0. The molecular formula is C25H45N3O11. The van der Waals surface area contributed by atoms with Gasteiger partial charge in [0.1, 0.15) is 0 Å². The summed E-state index contributed by atoms with van der Waals surface area (Å²) in [5.74, 6) is -1.72. The summed E-state index contributed by atoms with van der Waals surface area (Å²) < 4.78 is 22.6. The first-order valence-corrected chi connectivity index (χ1v) is 11.2. The number of nitrogens with two attached hydrogens (primary N) is 1. The van der Waals surface area contributed by atoms with Crippen molar-refractivity contribution in [1.82, 2.24) is 9.80 Å². The number of hydrogen-bond acceptors (Lipinski definition) is 11. The van der Waals surface area contributed by atoms with E-state index in [2.05, 4.69) is 15.2 Å². The maximum absolute atomic E-state index is 11.1. The number of unbranched alkanes of at least 4 members (excludes halogenated alkanes) is 2. The lowest BCUT2D eigenvalue weighted by Crippen LogP contribution is -2.35. The van der Waals surface area contributed by atoms with Crippen LogP contribution in [0.2, 0.25) is 0 Å². The van der Waals surface area contributed by atoms with Crippen LogP contribution >= 0.6 is 0 Å². The normalized spacial score (nSPS) is 12.6. The molecule has 0 bridgehead atoms. The minimum absolute atomic E-state index is 0. The number of nitrogens with zero attached hydrogens (tertiary/aromatic N) is 2. The molecule has 0 atom stereocenters. The van der Waals surface area contributed by atoms with Gasteiger partial charge in [0.05, 0.1) is 27.4 Å². The van der Waals surface area contributed by atoms with E-state index in [4.69, 9.17) is 14.2 Å². The van der Waals surface area contributed by atoms with Crippen molar-refractivity contribution in [2.24, 2.45) is 5.73 Å². The van der Waals surface area contributed by atoms with Gasteiger partial charge in [-0.15, -0.1) is 0 Å². The number of amides is 6. The highest BCUT2D eigenvalue weighted by Crippen LogP contribution is 2.06. The number of primary amides is 1. The fourth-order valence-electron chi connectivity index (χ4n) is 2.30. The van der Waals surface area contributed by atoms with Gasteiger partial charge in [0.2, 0.25) is 0 Å². The van der Waals surface area contributed by atoms with E-state index in [0.717, 1.165) is 51.7 Å². The lowest BCUT2D eigenvalue weighted by atomic mass is 10.2. The molecule has 2 N–H and O–H groups in total. The maximum Gasteiger partial charge on any atom is 0.423 e. The zero-order valence-electron chi connectivity index (χ0n) is 21.9. The second-order valence-corrected chi connectivity index (χ2v) is 6.74. The first kappa shape index (κ1) is 42.5. The topological polar surface area (TPSA) is 181 Å². The van der Waals surface area contributed by atoms with Crippen LogP contribution in [0, 0.1) is 0 Å². The molecule has 0 radical (unpaired) electrons. The van der Waals surface area contributed by atoms with E-state index < -0.39 is 24.0 Å². The third-order valence-electron chi connectivity index (χ3n) is 4.13. The van der Waals surface area contributed by atoms with E-state index in [1.54, 1.807) is 14.2 Å². The molecule has 2 aliphatic heterocycles. The lowest BCUT2D eigenvalue weighted by Gasteiger charge is -2.12. The number of rotatable bonds is 10. The molecule has 2 heterocycles. The molecule has 226 valence electrons. The minimum atomic E-state index is -0.954. The van der Waals surface area contributed by atoms with Gasteiger partial charge < -0.3 is 29.4 Å². The second-order valence-electron chi connectivity index (χ2n) is 6.74. The first-order valence-electron chi connectivity index (χ1n) is 11.2. The van der Waals surface area contributed by atoms with Gasteiger partial charge in [-0.1, -0.05) is 14.9 Å². The van der Waals surface area contributed by atoms with Crippen LogP contribution in [-0.4, -0.2) is 107 Å². The molecule has 14 heteroatoms. The number of ether oxygens (including phenoxy) is 5. The zero-order chi connectivity index (χ0) is 28.6. The molecule has 0 aromatic heterocycles. The van der Waals surface area contributed by atoms with Crippen LogP contribution in [-0.2, 0) is 42.9 Å². The van der Waals surface area contributed by atoms with Gasteiger partial charge in [0.15, 0.2) is 0 Å². The number of carbonyl (C=O) groups excluding carboxylic acids is 6. The van der Waals surface area contributed by atoms with Gasteiger partial charge in [-0.25, -0.2) is 9.59 Å². The average molecular weight is 564 g/mol. The Morgan fingerprint density at radius 1 is 0.718 bits per heavy atom. The lowest BCUT2D eigenvalue weighted by molar-refractivity contribution is -0.137. The molecule has 0 aromatic rings. The van der Waals surface area contributed by atoms with E-state index in [1.807, 2.05) is 6.92 Å². The zero-order valence-corrected chi connectivity index (χ0v) is 21.9. The molecule has 0 unspecified atom stereocenters. The Bertz CT molecular complexity index is 758. The molecule has 0 fully saturated rings. The Kier molecular flexibility index (Phi) is 29.9. The van der Waals surface area contributed by atoms with Gasteiger partial charge >= 0.3 is 12.2 Å². The fraction of sp³-hybridized carbons (Fsp3) is 0.600. The molecule has 0 aromatic carbocycles. The largest absolute Gasteiger partial charge is 0.453 e. The second kappa shape index (κ2) is 27.4. The quantitative estimate of drug-likeness (QED) is 0.303. The van der Waals surface area contributed by atoms with Gasteiger partial charge in [-0.2, -0.15) is 4.90 Å². The Labute approximate surface area is 231 Å². The molecule has 0 saturated heterocycles. The summed E-state index contributed by atoms with van der Waals surface area (Å²) in [6.07, 6.45) is 5.76. The summed E-state index contributed by atoms with van der Waals surface area (Å²) in [7, 11) is 5.65. The first-order chi connectivity index (χ1) is 17.6. The van der Waals surface area contributed by atoms with Gasteiger partial charge in [0, 0.05) is 58.3 Å². The summed E-state index contributed by atoms with van der Waals surface area (Å²) in [5.41, 5.74) is 4.43. The third-order valence-corrected chi connectivity index (χ3v) is 4.13. The van der Waals surface area contributed by atoms with Crippen molar-refractivity contribution in [1.29, 1.82) is 0 Å². The highest BCUT2D eigenvalue weighted by molar-refractivity contribution is 6.21. The highest BCUT2D eigenvalue weighted by atomic mass is 16.5. The molecule has 6 amide bonds. The number of hydrogen-bond donors (Lipinski definition) is 1. The average Bonchev–Trinajstić information content (AvgIpc) is 3.39. The monoisotopic (exact) mass is 563 g/mol. The van der Waals surface area contributed by atoms with Gasteiger partial charge in [-0.3, -0.25) is 24.1 Å². The molecular weight excluding hydrogens is 518 g/mol. The number of imide groups is 4. The van der Waals surface area contributed by atoms with Crippen molar-refractivity contribution in [3.8, 4) is 0 Å². The van der Waals surface area contributed by atoms with Gasteiger partial charge in [-0.05, 0) is 26.2 Å². The van der Waals surface area contributed by atoms with Crippen molar-refractivity contribution in [2.75, 3.05) is 61.4 Å². The van der Waals surface area contributed by atoms with Crippen molar-refractivity contribution >= 4 is 35.8 Å². The molecule has 0 spiro atoms. The number of methoxy groups -OCH3 is 4. The van der Waals surface area contributed by atoms with Crippen LogP contribution in [0.1, 0.15) is 41.0 Å². The van der Waals surface area contributed by atoms with E-state index in [-0.39, 0.29) is 26.7 Å². The predicted octanol–water partition coefficient (Wildman–Crippen LogP) is 2.06. The number of carbonyl (C=O) groups is 6. The van der Waals surface area contributed by atoms with Gasteiger partial charge in [0.25, 0.3) is 23.6 Å². The molecule has 14 nitrogen and oxygen atoms in total. The standard InChI is InChI=1S/C10H15NO3.C6H5NO4.C5H12O2.C2H5NO2.2CH4/c1-14-8-4-2-3-7-11-9(12)5-6-10(11)13;1-11-6(10)7-4(8)2-3-5(7)9;1-3-7-5-4-6-2;1-5-2(3)4;;/h5-6H,2-4,7-8H2,1H3;2-3H,1H3;3-5H2,1-2H3;1H3,(H2,3,4);2*1H4. The Morgan fingerprint density at radius 2 is 1.18 bits per heavy atom. The SMILES string of the molecule is C.C.CCOCCOC.COC(=O)N1C(=O)C=CC1=O.COC(N)=O.COCCCCCN1C(=O)C=CC1=O. The fourth-order valence-corrected chi connectivity index (χ4v) is 2.30. The van der Waals surface area contributed by atoms with Crippen LogP contribution in [0.3, 0.4) is 0 Å².